The Morgan fingerprint density at radius 1 is 1.12 bits per heavy atom. The van der Waals surface area contributed by atoms with Crippen LogP contribution in [0.3, 0.4) is 0 Å². The number of alkyl halides is 3. The van der Waals surface area contributed by atoms with E-state index in [0.29, 0.717) is 23.2 Å². The van der Waals surface area contributed by atoms with Crippen molar-refractivity contribution in [2.24, 2.45) is 5.73 Å². The number of rotatable bonds is 5. The number of likely N-dealkylation sites (tertiary alicyclic amines) is 2. The maximum atomic E-state index is 13.7. The third kappa shape index (κ3) is 5.06. The number of thioether (sulfide) groups is 1. The molecule has 5 nitrogen and oxygen atoms in total. The summed E-state index contributed by atoms with van der Waals surface area (Å²) in [7, 11) is 0. The summed E-state index contributed by atoms with van der Waals surface area (Å²) in [6.45, 7) is 5.55. The Morgan fingerprint density at radius 2 is 1.88 bits per heavy atom. The fourth-order valence-corrected chi connectivity index (χ4v) is 6.36. The van der Waals surface area contributed by atoms with E-state index in [0.717, 1.165) is 68.3 Å². The number of halogens is 3. The molecule has 33 heavy (non-hydrogen) atoms. The van der Waals surface area contributed by atoms with E-state index in [4.69, 9.17) is 5.73 Å². The summed E-state index contributed by atoms with van der Waals surface area (Å²) in [5.41, 5.74) is 7.41. The van der Waals surface area contributed by atoms with E-state index in [2.05, 4.69) is 32.6 Å². The van der Waals surface area contributed by atoms with Crippen LogP contribution in [0, 0.1) is 0 Å². The van der Waals surface area contributed by atoms with Crippen molar-refractivity contribution >= 4 is 23.1 Å². The van der Waals surface area contributed by atoms with Crippen LogP contribution in [0.1, 0.15) is 37.7 Å². The number of benzene rings is 1. The molecule has 9 heteroatoms. The highest BCUT2D eigenvalue weighted by Gasteiger charge is 2.35. The van der Waals surface area contributed by atoms with Crippen molar-refractivity contribution in [2.75, 3.05) is 49.9 Å². The Balaban J connectivity index is 1.41. The second kappa shape index (κ2) is 9.52. The number of piperidine rings is 1. The molecule has 0 amide bonds. The summed E-state index contributed by atoms with van der Waals surface area (Å²) < 4.78 is 41.1. The summed E-state index contributed by atoms with van der Waals surface area (Å²) >= 11 is 1.45. The quantitative estimate of drug-likeness (QED) is 0.570. The fourth-order valence-electron chi connectivity index (χ4n) is 5.27. The average molecular weight is 480 g/mol. The Morgan fingerprint density at radius 3 is 2.58 bits per heavy atom. The molecule has 1 unspecified atom stereocenters. The van der Waals surface area contributed by atoms with Crippen LogP contribution < -0.4 is 16.4 Å². The monoisotopic (exact) mass is 479 g/mol. The van der Waals surface area contributed by atoms with Gasteiger partial charge in [-0.3, -0.25) is 4.90 Å². The molecule has 180 valence electrons. The molecular weight excluding hydrogens is 447 g/mol. The van der Waals surface area contributed by atoms with Gasteiger partial charge in [0, 0.05) is 53.8 Å². The first-order valence-corrected chi connectivity index (χ1v) is 12.8. The van der Waals surface area contributed by atoms with E-state index < -0.39 is 11.7 Å². The van der Waals surface area contributed by atoms with Crippen LogP contribution in [0.4, 0.5) is 24.5 Å². The molecule has 5 rings (SSSR count). The van der Waals surface area contributed by atoms with Gasteiger partial charge in [-0.1, -0.05) is 17.8 Å². The van der Waals surface area contributed by atoms with Crippen LogP contribution in [0.15, 0.2) is 39.8 Å². The molecule has 2 saturated heterocycles. The molecule has 0 radical (unpaired) electrons. The molecule has 3 heterocycles. The van der Waals surface area contributed by atoms with Gasteiger partial charge in [-0.25, -0.2) is 0 Å². The molecule has 2 fully saturated rings. The minimum Gasteiger partial charge on any atom is -0.380 e. The van der Waals surface area contributed by atoms with E-state index in [1.54, 1.807) is 0 Å². The normalized spacial score (nSPS) is 24.5. The second-order valence-electron chi connectivity index (χ2n) is 9.37. The topological polar surface area (TPSA) is 56.6 Å². The molecule has 1 atom stereocenters. The zero-order valence-electron chi connectivity index (χ0n) is 18.8. The maximum absolute atomic E-state index is 13.7. The predicted octanol–water partition coefficient (Wildman–Crippen LogP) is 4.69. The first kappa shape index (κ1) is 23.1. The van der Waals surface area contributed by atoms with Crippen LogP contribution in [0.2, 0.25) is 0 Å². The molecule has 0 saturated carbocycles. The van der Waals surface area contributed by atoms with Crippen molar-refractivity contribution in [3.05, 3.63) is 40.5 Å². The second-order valence-corrected chi connectivity index (χ2v) is 10.4. The zero-order valence-corrected chi connectivity index (χ0v) is 19.6. The third-order valence-corrected chi connectivity index (χ3v) is 8.23. The van der Waals surface area contributed by atoms with Crippen molar-refractivity contribution in [1.29, 1.82) is 0 Å². The van der Waals surface area contributed by atoms with Gasteiger partial charge in [0.2, 0.25) is 0 Å². The Hall–Kier alpha value is -1.68. The highest BCUT2D eigenvalue weighted by molar-refractivity contribution is 8.03. The summed E-state index contributed by atoms with van der Waals surface area (Å²) in [6.07, 6.45) is 5.23. The minimum absolute atomic E-state index is 0.146. The summed E-state index contributed by atoms with van der Waals surface area (Å²) in [5, 5.41) is 6.96. The Labute approximate surface area is 197 Å². The third-order valence-electron chi connectivity index (χ3n) is 7.08. The van der Waals surface area contributed by atoms with Crippen molar-refractivity contribution < 1.29 is 13.2 Å². The lowest BCUT2D eigenvalue weighted by Crippen LogP contribution is -2.41. The largest absolute Gasteiger partial charge is 0.416 e. The smallest absolute Gasteiger partial charge is 0.380 e. The fraction of sp³-hybridized carbons (Fsp3) is 0.583. The number of nitrogens with zero attached hydrogens (tertiary/aromatic N) is 2. The van der Waals surface area contributed by atoms with Crippen LogP contribution in [0.25, 0.3) is 0 Å². The van der Waals surface area contributed by atoms with E-state index in [9.17, 15) is 13.2 Å². The molecular formula is C24H32F3N5S. The number of nitrogens with one attached hydrogen (secondary N) is 2. The van der Waals surface area contributed by atoms with Crippen LogP contribution in [-0.4, -0.2) is 61.2 Å². The van der Waals surface area contributed by atoms with Gasteiger partial charge in [0.05, 0.1) is 16.9 Å². The zero-order chi connectivity index (χ0) is 23.0. The van der Waals surface area contributed by atoms with Gasteiger partial charge in [0.1, 0.15) is 0 Å². The lowest BCUT2D eigenvalue weighted by Gasteiger charge is -2.35. The number of nitrogens with two attached hydrogens (primary N) is 1. The molecule has 3 aliphatic heterocycles. The van der Waals surface area contributed by atoms with Crippen molar-refractivity contribution in [3.63, 3.8) is 0 Å². The lowest BCUT2D eigenvalue weighted by molar-refractivity contribution is -0.137. The van der Waals surface area contributed by atoms with E-state index in [1.807, 2.05) is 0 Å². The molecule has 4 N–H and O–H groups in total. The van der Waals surface area contributed by atoms with Crippen LogP contribution >= 0.6 is 11.8 Å². The average Bonchev–Trinajstić information content (AvgIpc) is 3.33. The first-order chi connectivity index (χ1) is 15.9. The van der Waals surface area contributed by atoms with Gasteiger partial charge >= 0.3 is 6.18 Å². The molecule has 0 spiro atoms. The number of fused-ring (bicyclic) bond motifs is 2. The standard InChI is InChI=1S/C24H32F3N5S/c25-24(26,27)16-13-20(29-17-5-10-31(11-6-17)12-7-28)23-22(14-16)33-21-4-3-18(15-19(21)30-23)32-8-1-2-9-32/h4,13-15,17-18,29-30H,1-3,5-12,28H2. The van der Waals surface area contributed by atoms with Crippen molar-refractivity contribution in [2.45, 2.75) is 55.3 Å². The summed E-state index contributed by atoms with van der Waals surface area (Å²) in [5.74, 6) is 0. The van der Waals surface area contributed by atoms with Gasteiger partial charge in [-0.15, -0.1) is 0 Å². The van der Waals surface area contributed by atoms with E-state index in [1.165, 1.54) is 36.7 Å². The summed E-state index contributed by atoms with van der Waals surface area (Å²) in [6, 6.07) is 3.06. The van der Waals surface area contributed by atoms with Crippen LogP contribution in [-0.2, 0) is 6.18 Å². The summed E-state index contributed by atoms with van der Waals surface area (Å²) in [4.78, 5) is 6.48. The Bertz CT molecular complexity index is 931. The van der Waals surface area contributed by atoms with E-state index in [-0.39, 0.29) is 6.04 Å². The molecule has 1 aliphatic carbocycles. The van der Waals surface area contributed by atoms with Crippen molar-refractivity contribution in [1.82, 2.24) is 9.80 Å². The van der Waals surface area contributed by atoms with Gasteiger partial charge in [0.25, 0.3) is 0 Å². The highest BCUT2D eigenvalue weighted by atomic mass is 32.2. The molecule has 0 aromatic heterocycles. The van der Waals surface area contributed by atoms with E-state index >= 15 is 0 Å². The molecule has 1 aromatic carbocycles. The lowest BCUT2D eigenvalue weighted by atomic mass is 10.0. The number of hydrogen-bond donors (Lipinski definition) is 3. The minimum atomic E-state index is -4.38. The molecule has 1 aromatic rings. The number of hydrogen-bond acceptors (Lipinski definition) is 6. The van der Waals surface area contributed by atoms with Gasteiger partial charge < -0.3 is 21.3 Å². The highest BCUT2D eigenvalue weighted by Crippen LogP contribution is 2.49. The Kier molecular flexibility index (Phi) is 6.66. The SMILES string of the molecule is NCCN1CCC(Nc2cc(C(F)(F)F)cc3c2NC2=CC(N4CCCC4)CC=C2S3)CC1. The van der Waals surface area contributed by atoms with Crippen molar-refractivity contribution in [3.8, 4) is 0 Å². The maximum Gasteiger partial charge on any atom is 0.416 e. The van der Waals surface area contributed by atoms with Gasteiger partial charge in [-0.2, -0.15) is 13.2 Å². The molecule has 0 bridgehead atoms. The predicted molar refractivity (Wildman–Crippen MR) is 128 cm³/mol. The van der Waals surface area contributed by atoms with Gasteiger partial charge in [0.15, 0.2) is 0 Å². The first-order valence-electron chi connectivity index (χ1n) is 12.0. The number of anilines is 2. The van der Waals surface area contributed by atoms with Crippen LogP contribution in [0.5, 0.6) is 0 Å². The van der Waals surface area contributed by atoms with Gasteiger partial charge in [-0.05, 0) is 63.4 Å². The molecule has 4 aliphatic rings.